The summed E-state index contributed by atoms with van der Waals surface area (Å²) in [5, 5.41) is 2.84. The maximum absolute atomic E-state index is 13.7. The van der Waals surface area contributed by atoms with Gasteiger partial charge in [-0.3, -0.25) is 4.79 Å². The minimum Gasteiger partial charge on any atom is -0.352 e. The molecule has 1 fully saturated rings. The Balaban J connectivity index is 1.93. The molecule has 1 saturated carbocycles. The third-order valence-electron chi connectivity index (χ3n) is 3.47. The lowest BCUT2D eigenvalue weighted by atomic mass is 9.89. The molecule has 1 aliphatic carbocycles. The highest BCUT2D eigenvalue weighted by atomic mass is 79.9. The third-order valence-corrected chi connectivity index (χ3v) is 4.08. The smallest absolute Gasteiger partial charge is 0.254 e. The molecule has 1 amide bonds. The fraction of sp³-hybridized carbons (Fsp3) is 0.500. The average molecular weight is 314 g/mol. The van der Waals surface area contributed by atoms with Crippen LogP contribution in [0.2, 0.25) is 0 Å². The van der Waals surface area contributed by atoms with Crippen molar-refractivity contribution in [3.05, 3.63) is 34.1 Å². The molecule has 4 heteroatoms. The van der Waals surface area contributed by atoms with Gasteiger partial charge in [-0.05, 0) is 46.8 Å². The summed E-state index contributed by atoms with van der Waals surface area (Å²) in [5.74, 6) is -0.254. The van der Waals surface area contributed by atoms with E-state index in [0.717, 1.165) is 0 Å². The van der Waals surface area contributed by atoms with Crippen LogP contribution in [-0.4, -0.2) is 12.5 Å². The Bertz CT molecular complexity index is 430. The molecule has 0 spiro atoms. The summed E-state index contributed by atoms with van der Waals surface area (Å²) >= 11 is 3.09. The zero-order chi connectivity index (χ0) is 13.0. The summed E-state index contributed by atoms with van der Waals surface area (Å²) in [6, 6.07) is 4.77. The van der Waals surface area contributed by atoms with Crippen LogP contribution in [0.15, 0.2) is 22.7 Å². The summed E-state index contributed by atoms with van der Waals surface area (Å²) < 4.78 is 14.0. The van der Waals surface area contributed by atoms with E-state index in [2.05, 4.69) is 21.2 Å². The molecule has 2 rings (SSSR count). The zero-order valence-electron chi connectivity index (χ0n) is 10.2. The van der Waals surface area contributed by atoms with Gasteiger partial charge >= 0.3 is 0 Å². The van der Waals surface area contributed by atoms with Gasteiger partial charge in [0, 0.05) is 6.54 Å². The molecule has 0 aromatic heterocycles. The average Bonchev–Trinajstić information content (AvgIpc) is 2.40. The van der Waals surface area contributed by atoms with Gasteiger partial charge in [0.2, 0.25) is 0 Å². The highest BCUT2D eigenvalue weighted by Crippen LogP contribution is 2.23. The first-order valence-electron chi connectivity index (χ1n) is 6.40. The Kier molecular flexibility index (Phi) is 4.75. The molecular formula is C14H17BrFNO. The van der Waals surface area contributed by atoms with Gasteiger partial charge < -0.3 is 5.32 Å². The standard InChI is InChI=1S/C14H17BrFNO/c15-12-8-4-7-11(13(12)16)14(18)17-9-10-5-2-1-3-6-10/h4,7-8,10H,1-3,5-6,9H2,(H,17,18). The van der Waals surface area contributed by atoms with E-state index in [4.69, 9.17) is 0 Å². The largest absolute Gasteiger partial charge is 0.352 e. The first-order chi connectivity index (χ1) is 8.68. The number of benzene rings is 1. The van der Waals surface area contributed by atoms with Gasteiger partial charge in [-0.2, -0.15) is 0 Å². The number of halogens is 2. The van der Waals surface area contributed by atoms with Crippen molar-refractivity contribution in [2.75, 3.05) is 6.54 Å². The van der Waals surface area contributed by atoms with Crippen molar-refractivity contribution in [1.82, 2.24) is 5.32 Å². The van der Waals surface area contributed by atoms with E-state index in [1.54, 1.807) is 12.1 Å². The molecule has 0 heterocycles. The summed E-state index contributed by atoms with van der Waals surface area (Å²) in [6.45, 7) is 0.658. The molecule has 0 aliphatic heterocycles. The molecule has 18 heavy (non-hydrogen) atoms. The summed E-state index contributed by atoms with van der Waals surface area (Å²) in [4.78, 5) is 11.9. The highest BCUT2D eigenvalue weighted by molar-refractivity contribution is 9.10. The fourth-order valence-corrected chi connectivity index (χ4v) is 2.77. The van der Waals surface area contributed by atoms with Crippen LogP contribution in [0.1, 0.15) is 42.5 Å². The molecule has 2 nitrogen and oxygen atoms in total. The molecule has 0 atom stereocenters. The third kappa shape index (κ3) is 3.31. The molecular weight excluding hydrogens is 297 g/mol. The number of carbonyl (C=O) groups is 1. The SMILES string of the molecule is O=C(NCC1CCCCC1)c1cccc(Br)c1F. The molecule has 1 aliphatic rings. The molecule has 98 valence electrons. The van der Waals surface area contributed by atoms with Gasteiger partial charge in [0.15, 0.2) is 0 Å². The van der Waals surface area contributed by atoms with Gasteiger partial charge in [-0.25, -0.2) is 4.39 Å². The Morgan fingerprint density at radius 3 is 2.78 bits per heavy atom. The lowest BCUT2D eigenvalue weighted by Gasteiger charge is -2.21. The predicted molar refractivity (Wildman–Crippen MR) is 73.0 cm³/mol. The van der Waals surface area contributed by atoms with Crippen LogP contribution in [0.3, 0.4) is 0 Å². The van der Waals surface area contributed by atoms with Gasteiger partial charge in [-0.15, -0.1) is 0 Å². The van der Waals surface area contributed by atoms with Gasteiger partial charge in [0.05, 0.1) is 10.0 Å². The summed E-state index contributed by atoms with van der Waals surface area (Å²) in [7, 11) is 0. The van der Waals surface area contributed by atoms with Crippen molar-refractivity contribution in [2.24, 2.45) is 5.92 Å². The second-order valence-corrected chi connectivity index (χ2v) is 5.67. The van der Waals surface area contributed by atoms with Crippen molar-refractivity contribution < 1.29 is 9.18 Å². The van der Waals surface area contributed by atoms with Crippen LogP contribution < -0.4 is 5.32 Å². The number of hydrogen-bond donors (Lipinski definition) is 1. The minimum absolute atomic E-state index is 0.111. The lowest BCUT2D eigenvalue weighted by Crippen LogP contribution is -2.30. The van der Waals surface area contributed by atoms with Crippen LogP contribution in [0.5, 0.6) is 0 Å². The van der Waals surface area contributed by atoms with Crippen molar-refractivity contribution in [3.63, 3.8) is 0 Å². The van der Waals surface area contributed by atoms with E-state index in [-0.39, 0.29) is 11.5 Å². The Hall–Kier alpha value is -0.900. The Labute approximate surface area is 115 Å². The molecule has 0 unspecified atom stereocenters. The second-order valence-electron chi connectivity index (χ2n) is 4.82. The van der Waals surface area contributed by atoms with Gasteiger partial charge in [0.25, 0.3) is 5.91 Å². The number of nitrogens with one attached hydrogen (secondary N) is 1. The minimum atomic E-state index is -0.487. The number of amides is 1. The topological polar surface area (TPSA) is 29.1 Å². The normalized spacial score (nSPS) is 16.6. The summed E-state index contributed by atoms with van der Waals surface area (Å²) in [5.41, 5.74) is 0.111. The Morgan fingerprint density at radius 1 is 1.33 bits per heavy atom. The molecule has 1 N–H and O–H groups in total. The van der Waals surface area contributed by atoms with Crippen LogP contribution in [-0.2, 0) is 0 Å². The number of rotatable bonds is 3. The number of hydrogen-bond acceptors (Lipinski definition) is 1. The fourth-order valence-electron chi connectivity index (χ4n) is 2.40. The van der Waals surface area contributed by atoms with Gasteiger partial charge in [-0.1, -0.05) is 25.3 Å². The van der Waals surface area contributed by atoms with Crippen molar-refractivity contribution in [2.45, 2.75) is 32.1 Å². The monoisotopic (exact) mass is 313 g/mol. The van der Waals surface area contributed by atoms with Crippen molar-refractivity contribution in [1.29, 1.82) is 0 Å². The summed E-state index contributed by atoms with van der Waals surface area (Å²) in [6.07, 6.45) is 6.12. The maximum Gasteiger partial charge on any atom is 0.254 e. The van der Waals surface area contributed by atoms with E-state index >= 15 is 0 Å². The van der Waals surface area contributed by atoms with E-state index in [1.165, 1.54) is 38.2 Å². The molecule has 0 bridgehead atoms. The second kappa shape index (κ2) is 6.32. The quantitative estimate of drug-likeness (QED) is 0.901. The highest BCUT2D eigenvalue weighted by Gasteiger charge is 2.17. The zero-order valence-corrected chi connectivity index (χ0v) is 11.8. The van der Waals surface area contributed by atoms with Crippen LogP contribution in [0.25, 0.3) is 0 Å². The first-order valence-corrected chi connectivity index (χ1v) is 7.20. The maximum atomic E-state index is 13.7. The Morgan fingerprint density at radius 2 is 2.06 bits per heavy atom. The van der Waals surface area contributed by atoms with E-state index < -0.39 is 5.82 Å². The van der Waals surface area contributed by atoms with Gasteiger partial charge in [0.1, 0.15) is 5.82 Å². The van der Waals surface area contributed by atoms with Crippen molar-refractivity contribution >= 4 is 21.8 Å². The number of carbonyl (C=O) groups excluding carboxylic acids is 1. The first kappa shape index (κ1) is 13.5. The predicted octanol–water partition coefficient (Wildman–Crippen LogP) is 3.90. The van der Waals surface area contributed by atoms with E-state index in [0.29, 0.717) is 16.9 Å². The van der Waals surface area contributed by atoms with Crippen LogP contribution in [0, 0.1) is 11.7 Å². The molecule has 1 aromatic rings. The lowest BCUT2D eigenvalue weighted by molar-refractivity contribution is 0.0939. The molecule has 0 saturated heterocycles. The van der Waals surface area contributed by atoms with E-state index in [1.807, 2.05) is 0 Å². The molecule has 0 radical (unpaired) electrons. The van der Waals surface area contributed by atoms with Crippen LogP contribution >= 0.6 is 15.9 Å². The van der Waals surface area contributed by atoms with Crippen LogP contribution in [0.4, 0.5) is 4.39 Å². The van der Waals surface area contributed by atoms with E-state index in [9.17, 15) is 9.18 Å². The van der Waals surface area contributed by atoms with Crippen molar-refractivity contribution in [3.8, 4) is 0 Å². The molecule has 1 aromatic carbocycles.